The molecule has 6 rings (SSSR count). The van der Waals surface area contributed by atoms with Crippen molar-refractivity contribution in [2.24, 2.45) is 22.4 Å². The molecule has 7 amide bonds. The summed E-state index contributed by atoms with van der Waals surface area (Å²) >= 11 is 0. The van der Waals surface area contributed by atoms with E-state index in [-0.39, 0.29) is 70.0 Å². The van der Waals surface area contributed by atoms with Crippen molar-refractivity contribution in [1.29, 1.82) is 0 Å². The van der Waals surface area contributed by atoms with Gasteiger partial charge >= 0.3 is 5.97 Å². The molecule has 20 nitrogen and oxygen atoms in total. The van der Waals surface area contributed by atoms with Crippen molar-refractivity contribution < 1.29 is 43.5 Å². The Labute approximate surface area is 401 Å². The van der Waals surface area contributed by atoms with Crippen LogP contribution in [0.15, 0.2) is 65.8 Å². The molecule has 1 saturated carbocycles. The molecule has 3 heterocycles. The van der Waals surface area contributed by atoms with Crippen LogP contribution < -0.4 is 43.4 Å². The molecule has 2 saturated heterocycles. The molecule has 372 valence electrons. The summed E-state index contributed by atoms with van der Waals surface area (Å²) in [6.45, 7) is 0.375. The molecule has 3 aromatic rings. The fourth-order valence-electron chi connectivity index (χ4n) is 9.52. The van der Waals surface area contributed by atoms with Gasteiger partial charge in [-0.05, 0) is 68.1 Å². The minimum absolute atomic E-state index is 0.00162. The molecular formula is C49H67N11O9. The van der Waals surface area contributed by atoms with Gasteiger partial charge in [0.1, 0.15) is 36.3 Å². The van der Waals surface area contributed by atoms with E-state index >= 15 is 0 Å². The standard InChI is InChI=1S/C49H67N11O9/c50-49(51)53-24-9-18-35-43(64)52-23-10-19-36(57-44(65)37(26-30-12-3-1-4-13-30)55-41(61)21-22-42(62)63)48(69)60-25-11-20-40(60)47(68)59-38(27-31-14-5-2-6-15-31)45(66)58-39(46(67)56-35)28-32-29-54-34-17-8-7-16-33(32)34/h1,3-4,7-8,12-13,16-17,29,31,35-40,54H,2,5-6,9-11,14-15,18-28H2,(H,52,64)(H,55,61)(H,56,67)(H,57,65)(H,58,66)(H,59,68)(H,62,63)(H4,50,51,53)/t35?,36?,37-,38+,39?,40?/m0/s1. The van der Waals surface area contributed by atoms with Gasteiger partial charge in [-0.25, -0.2) is 0 Å². The summed E-state index contributed by atoms with van der Waals surface area (Å²) in [5, 5.41) is 27.2. The van der Waals surface area contributed by atoms with Crippen LogP contribution in [0.4, 0.5) is 0 Å². The normalized spacial score (nSPS) is 22.7. The van der Waals surface area contributed by atoms with E-state index in [0.29, 0.717) is 31.2 Å². The van der Waals surface area contributed by atoms with Gasteiger partial charge in [-0.15, -0.1) is 0 Å². The molecule has 3 fully saturated rings. The quantitative estimate of drug-likeness (QED) is 0.0552. The van der Waals surface area contributed by atoms with Crippen LogP contribution in [-0.4, -0.2) is 124 Å². The highest BCUT2D eigenvalue weighted by molar-refractivity contribution is 5.98. The number of nitrogens with two attached hydrogens (primary N) is 2. The number of para-hydroxylation sites is 1. The van der Waals surface area contributed by atoms with Crippen molar-refractivity contribution in [2.45, 2.75) is 139 Å². The third kappa shape index (κ3) is 15.3. The van der Waals surface area contributed by atoms with Gasteiger partial charge in [-0.2, -0.15) is 0 Å². The van der Waals surface area contributed by atoms with Gasteiger partial charge in [0, 0.05) is 56.0 Å². The lowest BCUT2D eigenvalue weighted by Gasteiger charge is -2.32. The van der Waals surface area contributed by atoms with Crippen LogP contribution in [0.25, 0.3) is 10.9 Å². The number of amides is 7. The maximum atomic E-state index is 14.7. The summed E-state index contributed by atoms with van der Waals surface area (Å²) in [5.74, 6) is -5.40. The molecule has 0 bridgehead atoms. The van der Waals surface area contributed by atoms with Crippen LogP contribution in [0.5, 0.6) is 0 Å². The number of aliphatic imine (C=N–C) groups is 1. The Balaban J connectivity index is 1.31. The molecule has 69 heavy (non-hydrogen) atoms. The number of aromatic amines is 1. The number of carboxylic acids is 1. The van der Waals surface area contributed by atoms with Crippen LogP contribution in [0.2, 0.25) is 0 Å². The second kappa shape index (κ2) is 25.4. The molecule has 0 radical (unpaired) electrons. The Hall–Kier alpha value is -6.99. The molecule has 6 atom stereocenters. The molecule has 4 unspecified atom stereocenters. The van der Waals surface area contributed by atoms with Crippen LogP contribution in [0.1, 0.15) is 101 Å². The third-order valence-corrected chi connectivity index (χ3v) is 13.2. The summed E-state index contributed by atoms with van der Waals surface area (Å²) in [5.41, 5.74) is 13.4. The van der Waals surface area contributed by atoms with Crippen LogP contribution in [0.3, 0.4) is 0 Å². The van der Waals surface area contributed by atoms with Gasteiger partial charge in [0.25, 0.3) is 0 Å². The van der Waals surface area contributed by atoms with Gasteiger partial charge in [0.05, 0.1) is 6.42 Å². The smallest absolute Gasteiger partial charge is 0.303 e. The number of nitrogens with one attached hydrogen (secondary N) is 7. The minimum atomic E-state index is -1.22. The predicted octanol–water partition coefficient (Wildman–Crippen LogP) is 1.17. The van der Waals surface area contributed by atoms with Crippen molar-refractivity contribution >= 4 is 64.2 Å². The third-order valence-electron chi connectivity index (χ3n) is 13.2. The highest BCUT2D eigenvalue weighted by atomic mass is 16.4. The summed E-state index contributed by atoms with van der Waals surface area (Å²) in [7, 11) is 0. The van der Waals surface area contributed by atoms with Gasteiger partial charge in [0.2, 0.25) is 41.4 Å². The van der Waals surface area contributed by atoms with E-state index in [0.717, 1.165) is 48.6 Å². The summed E-state index contributed by atoms with van der Waals surface area (Å²) < 4.78 is 0. The average molecular weight is 954 g/mol. The second-order valence-electron chi connectivity index (χ2n) is 18.3. The fraction of sp³-hybridized carbons (Fsp3) is 0.531. The molecule has 1 aromatic heterocycles. The van der Waals surface area contributed by atoms with E-state index in [1.807, 2.05) is 24.3 Å². The summed E-state index contributed by atoms with van der Waals surface area (Å²) in [6.07, 6.45) is 7.42. The van der Waals surface area contributed by atoms with Crippen molar-refractivity contribution in [3.8, 4) is 0 Å². The number of hydrogen-bond acceptors (Lipinski definition) is 9. The Morgan fingerprint density at radius 2 is 1.49 bits per heavy atom. The Morgan fingerprint density at radius 3 is 2.25 bits per heavy atom. The van der Waals surface area contributed by atoms with Gasteiger partial charge in [0.15, 0.2) is 5.96 Å². The second-order valence-corrected chi connectivity index (χ2v) is 18.3. The number of guanidine groups is 1. The molecule has 20 heteroatoms. The molecule has 3 aliphatic rings. The number of rotatable bonds is 16. The first-order valence-corrected chi connectivity index (χ1v) is 24.2. The number of carbonyl (C=O) groups excluding carboxylic acids is 7. The van der Waals surface area contributed by atoms with Crippen molar-refractivity contribution in [1.82, 2.24) is 41.8 Å². The highest BCUT2D eigenvalue weighted by Crippen LogP contribution is 2.28. The largest absolute Gasteiger partial charge is 0.481 e. The van der Waals surface area contributed by atoms with Gasteiger partial charge in [-0.1, -0.05) is 80.6 Å². The highest BCUT2D eigenvalue weighted by Gasteiger charge is 2.41. The number of aromatic nitrogens is 1. The van der Waals surface area contributed by atoms with Crippen LogP contribution >= 0.6 is 0 Å². The number of carboxylic acid groups (broad SMARTS) is 1. The number of benzene rings is 2. The van der Waals surface area contributed by atoms with Gasteiger partial charge < -0.3 is 58.4 Å². The number of hydrogen-bond donors (Lipinski definition) is 10. The Kier molecular flexibility index (Phi) is 18.9. The maximum absolute atomic E-state index is 14.7. The average Bonchev–Trinajstić information content (AvgIpc) is 4.00. The number of carbonyl (C=O) groups is 8. The number of aliphatic carboxylic acids is 1. The molecule has 2 aromatic carbocycles. The van der Waals surface area contributed by atoms with Crippen LogP contribution in [0, 0.1) is 5.92 Å². The van der Waals surface area contributed by atoms with Crippen molar-refractivity contribution in [3.63, 3.8) is 0 Å². The Morgan fingerprint density at radius 1 is 0.783 bits per heavy atom. The first-order valence-electron chi connectivity index (χ1n) is 24.2. The maximum Gasteiger partial charge on any atom is 0.303 e. The first kappa shape index (κ1) is 51.4. The van der Waals surface area contributed by atoms with Crippen molar-refractivity contribution in [3.05, 3.63) is 71.9 Å². The number of fused-ring (bicyclic) bond motifs is 2. The molecule has 2 aliphatic heterocycles. The van der Waals surface area contributed by atoms with Gasteiger partial charge in [-0.3, -0.25) is 43.3 Å². The molecule has 0 spiro atoms. The summed E-state index contributed by atoms with van der Waals surface area (Å²) in [6, 6.07) is 9.67. The topological polar surface area (TPSA) is 312 Å². The van der Waals surface area contributed by atoms with E-state index < -0.39 is 90.0 Å². The molecule has 12 N–H and O–H groups in total. The van der Waals surface area contributed by atoms with E-state index in [4.69, 9.17) is 11.5 Å². The monoisotopic (exact) mass is 954 g/mol. The van der Waals surface area contributed by atoms with E-state index in [2.05, 4.69) is 41.9 Å². The lowest BCUT2D eigenvalue weighted by atomic mass is 9.84. The molecular weight excluding hydrogens is 887 g/mol. The fourth-order valence-corrected chi connectivity index (χ4v) is 9.52. The zero-order chi connectivity index (χ0) is 49.3. The lowest BCUT2D eigenvalue weighted by molar-refractivity contribution is -0.143. The zero-order valence-corrected chi connectivity index (χ0v) is 39.0. The molecule has 1 aliphatic carbocycles. The number of H-pyrrole nitrogens is 1. The lowest BCUT2D eigenvalue weighted by Crippen LogP contribution is -2.60. The number of nitrogens with zero attached hydrogens (tertiary/aromatic N) is 2. The SMILES string of the molecule is NC(N)=NCCCC1NC(=O)C(Cc2c[nH]c3ccccc23)NC(=O)[C@@H](CC2CCCCC2)NC(=O)C2CCCN2C(=O)C(NC(=O)[C@H](Cc2ccccc2)NC(=O)CCC(=O)O)CCCNC1=O. The summed E-state index contributed by atoms with van der Waals surface area (Å²) in [4.78, 5) is 119. The first-order chi connectivity index (χ1) is 33.2. The Bertz CT molecular complexity index is 2310. The van der Waals surface area contributed by atoms with E-state index in [1.165, 1.54) is 4.90 Å². The van der Waals surface area contributed by atoms with Crippen molar-refractivity contribution in [2.75, 3.05) is 19.6 Å². The predicted molar refractivity (Wildman–Crippen MR) is 257 cm³/mol. The van der Waals surface area contributed by atoms with E-state index in [9.17, 15) is 43.5 Å². The minimum Gasteiger partial charge on any atom is -0.481 e. The van der Waals surface area contributed by atoms with Crippen LogP contribution in [-0.2, 0) is 51.2 Å². The zero-order valence-electron chi connectivity index (χ0n) is 39.0. The van der Waals surface area contributed by atoms with E-state index in [1.54, 1.807) is 36.5 Å².